The van der Waals surface area contributed by atoms with E-state index in [1.54, 1.807) is 10.6 Å². The normalized spacial score (nSPS) is 24.6. The van der Waals surface area contributed by atoms with Gasteiger partial charge in [0.1, 0.15) is 11.2 Å². The first-order chi connectivity index (χ1) is 13.5. The molecule has 13 heteroatoms. The number of aromatic nitrogens is 2. The van der Waals surface area contributed by atoms with Gasteiger partial charge in [-0.1, -0.05) is 6.92 Å². The molecule has 4 rings (SSSR count). The SMILES string of the molecule is C[C@@H](O)[C@H]1C(=O)N2C(C(=O)[O-])=C(c3cn4cnc(CNS(C)(=O)=O)c4s3)[C@H](C)[C@H]12.[Na+]. The molecule has 0 radical (unpaired) electrons. The van der Waals surface area contributed by atoms with Crippen molar-refractivity contribution in [1.29, 1.82) is 0 Å². The van der Waals surface area contributed by atoms with E-state index in [0.717, 1.165) is 6.26 Å². The third kappa shape index (κ3) is 3.64. The molecule has 2 N–H and O–H groups in total. The molecule has 2 aliphatic rings. The summed E-state index contributed by atoms with van der Waals surface area (Å²) in [7, 11) is -3.39. The van der Waals surface area contributed by atoms with Crippen LogP contribution in [0.5, 0.6) is 0 Å². The van der Waals surface area contributed by atoms with Crippen LogP contribution in [0.1, 0.15) is 24.4 Å². The van der Waals surface area contributed by atoms with E-state index in [9.17, 15) is 28.2 Å². The first-order valence-electron chi connectivity index (χ1n) is 8.88. The minimum absolute atomic E-state index is 0. The van der Waals surface area contributed by atoms with Crippen LogP contribution in [0.15, 0.2) is 18.2 Å². The van der Waals surface area contributed by atoms with E-state index in [-0.39, 0.29) is 47.7 Å². The second-order valence-electron chi connectivity index (χ2n) is 7.40. The molecular formula is C17H19N4NaO6S2. The molecule has 2 aromatic rings. The third-order valence-corrected chi connectivity index (χ3v) is 7.27. The molecule has 0 bridgehead atoms. The Bertz CT molecular complexity index is 1170. The predicted molar refractivity (Wildman–Crippen MR) is 102 cm³/mol. The molecule has 2 aliphatic heterocycles. The van der Waals surface area contributed by atoms with Crippen molar-refractivity contribution in [3.63, 3.8) is 0 Å². The molecule has 1 amide bonds. The Morgan fingerprint density at radius 2 is 2.13 bits per heavy atom. The molecule has 30 heavy (non-hydrogen) atoms. The second kappa shape index (κ2) is 8.01. The number of carbonyl (C=O) groups is 2. The summed E-state index contributed by atoms with van der Waals surface area (Å²) in [6.45, 7) is 3.35. The molecule has 0 spiro atoms. The van der Waals surface area contributed by atoms with Gasteiger partial charge in [-0.05, 0) is 6.92 Å². The number of nitrogens with one attached hydrogen (secondary N) is 1. The summed E-state index contributed by atoms with van der Waals surface area (Å²) in [6, 6.07) is -0.434. The number of imidazole rings is 1. The zero-order valence-corrected chi connectivity index (χ0v) is 20.5. The second-order valence-corrected chi connectivity index (χ2v) is 10.3. The molecule has 4 heterocycles. The van der Waals surface area contributed by atoms with Crippen LogP contribution in [0.4, 0.5) is 0 Å². The smallest absolute Gasteiger partial charge is 0.543 e. The summed E-state index contributed by atoms with van der Waals surface area (Å²) in [5.41, 5.74) is 0.814. The van der Waals surface area contributed by atoms with E-state index in [4.69, 9.17) is 0 Å². The van der Waals surface area contributed by atoms with Gasteiger partial charge in [0.2, 0.25) is 15.9 Å². The first kappa shape index (κ1) is 23.4. The van der Waals surface area contributed by atoms with Crippen molar-refractivity contribution in [1.82, 2.24) is 19.0 Å². The molecule has 2 aromatic heterocycles. The van der Waals surface area contributed by atoms with Gasteiger partial charge in [0, 0.05) is 17.7 Å². The van der Waals surface area contributed by atoms with Crippen molar-refractivity contribution in [2.45, 2.75) is 32.5 Å². The van der Waals surface area contributed by atoms with Gasteiger partial charge in [0.25, 0.3) is 0 Å². The number of aliphatic hydroxyl groups excluding tert-OH is 1. The average Bonchev–Trinajstić information content (AvgIpc) is 3.22. The van der Waals surface area contributed by atoms with Crippen LogP contribution < -0.4 is 39.4 Å². The molecule has 0 aliphatic carbocycles. The molecule has 1 fully saturated rings. The number of β-lactam (4-membered cyclic amide) rings is 1. The van der Waals surface area contributed by atoms with Gasteiger partial charge in [-0.25, -0.2) is 18.1 Å². The van der Waals surface area contributed by atoms with E-state index >= 15 is 0 Å². The zero-order valence-electron chi connectivity index (χ0n) is 16.8. The number of amides is 1. The van der Waals surface area contributed by atoms with Gasteiger partial charge < -0.3 is 19.9 Å². The summed E-state index contributed by atoms with van der Waals surface area (Å²) < 4.78 is 26.8. The maximum Gasteiger partial charge on any atom is 1.00 e. The van der Waals surface area contributed by atoms with Crippen LogP contribution in [0.25, 0.3) is 10.4 Å². The largest absolute Gasteiger partial charge is 1.00 e. The fourth-order valence-electron chi connectivity index (χ4n) is 4.18. The summed E-state index contributed by atoms with van der Waals surface area (Å²) in [5.74, 6) is -2.83. The number of fused-ring (bicyclic) bond motifs is 2. The van der Waals surface area contributed by atoms with E-state index in [0.29, 0.717) is 21.0 Å². The number of sulfonamides is 1. The Morgan fingerprint density at radius 1 is 1.47 bits per heavy atom. The van der Waals surface area contributed by atoms with E-state index in [1.807, 2.05) is 6.92 Å². The number of thiazole rings is 1. The monoisotopic (exact) mass is 462 g/mol. The van der Waals surface area contributed by atoms with Crippen molar-refractivity contribution in [2.24, 2.45) is 11.8 Å². The van der Waals surface area contributed by atoms with Crippen molar-refractivity contribution in [2.75, 3.05) is 6.26 Å². The van der Waals surface area contributed by atoms with Crippen LogP contribution in [0.2, 0.25) is 0 Å². The first-order valence-corrected chi connectivity index (χ1v) is 11.6. The van der Waals surface area contributed by atoms with E-state index in [1.165, 1.54) is 29.5 Å². The van der Waals surface area contributed by atoms with Crippen LogP contribution >= 0.6 is 11.3 Å². The minimum atomic E-state index is -3.39. The number of aliphatic hydroxyl groups is 1. The quantitative estimate of drug-likeness (QED) is 0.327. The number of rotatable bonds is 6. The maximum absolute atomic E-state index is 12.4. The van der Waals surface area contributed by atoms with Crippen LogP contribution in [-0.4, -0.2) is 58.1 Å². The number of carbonyl (C=O) groups excluding carboxylic acids is 2. The van der Waals surface area contributed by atoms with Gasteiger partial charge in [0.05, 0.1) is 53.1 Å². The summed E-state index contributed by atoms with van der Waals surface area (Å²) in [4.78, 5) is 31.0. The average molecular weight is 462 g/mol. The summed E-state index contributed by atoms with van der Waals surface area (Å²) in [6.07, 6.45) is 3.40. The minimum Gasteiger partial charge on any atom is -0.543 e. The van der Waals surface area contributed by atoms with Crippen LogP contribution in [0.3, 0.4) is 0 Å². The van der Waals surface area contributed by atoms with Crippen LogP contribution in [0, 0.1) is 11.8 Å². The maximum atomic E-state index is 12.4. The molecular weight excluding hydrogens is 443 g/mol. The third-order valence-electron chi connectivity index (χ3n) is 5.41. The zero-order chi connectivity index (χ0) is 21.2. The molecule has 0 aromatic carbocycles. The molecule has 10 nitrogen and oxygen atoms in total. The summed E-state index contributed by atoms with van der Waals surface area (Å²) >= 11 is 1.26. The number of aliphatic carboxylic acids is 1. The Hall–Kier alpha value is -1.28. The number of hydrogen-bond acceptors (Lipinski definition) is 8. The standard InChI is InChI=1S/C17H20N4O6S2.Na/c1-7-11(14(17(24)25)21-13(7)12(8(2)22)15(21)23)10-5-20-6-18-9(16(20)28-10)4-19-29(3,26)27;/h5-8,12-13,19,22H,4H2,1-3H3,(H,24,25);/q;+1/p-1/t7-,8+,12+,13+;/m0./s1. The van der Waals surface area contributed by atoms with Crippen molar-refractivity contribution in [3.05, 3.63) is 28.8 Å². The van der Waals surface area contributed by atoms with Gasteiger partial charge >= 0.3 is 29.6 Å². The Balaban J connectivity index is 0.00000256. The van der Waals surface area contributed by atoms with E-state index < -0.39 is 40.0 Å². The van der Waals surface area contributed by atoms with Crippen molar-refractivity contribution >= 4 is 43.6 Å². The number of carboxylic acids is 1. The molecule has 4 atom stereocenters. The Labute approximate surface area is 198 Å². The van der Waals surface area contributed by atoms with Gasteiger partial charge in [-0.15, -0.1) is 11.3 Å². The molecule has 1 saturated heterocycles. The van der Waals surface area contributed by atoms with Crippen molar-refractivity contribution < 1.29 is 57.8 Å². The van der Waals surface area contributed by atoms with Gasteiger partial charge in [-0.3, -0.25) is 9.20 Å². The molecule has 0 saturated carbocycles. The van der Waals surface area contributed by atoms with Crippen molar-refractivity contribution in [3.8, 4) is 0 Å². The molecule has 0 unspecified atom stereocenters. The predicted octanol–water partition coefficient (Wildman–Crippen LogP) is -4.23. The van der Waals surface area contributed by atoms with Gasteiger partial charge in [-0.2, -0.15) is 0 Å². The van der Waals surface area contributed by atoms with E-state index in [2.05, 4.69) is 9.71 Å². The summed E-state index contributed by atoms with van der Waals surface area (Å²) in [5, 5.41) is 21.8. The fourth-order valence-corrected chi connectivity index (χ4v) is 5.79. The topological polar surface area (TPSA) is 144 Å². The Kier molecular flexibility index (Phi) is 6.24. The fraction of sp³-hybridized carbons (Fsp3) is 0.471. The number of carboxylic acid groups (broad SMARTS) is 1. The number of hydrogen-bond donors (Lipinski definition) is 2. The molecule has 156 valence electrons. The van der Waals surface area contributed by atoms with Crippen LogP contribution in [-0.2, 0) is 26.2 Å². The number of nitrogens with zero attached hydrogens (tertiary/aromatic N) is 3. The Morgan fingerprint density at radius 3 is 2.70 bits per heavy atom. The van der Waals surface area contributed by atoms with Gasteiger partial charge in [0.15, 0.2) is 0 Å².